The van der Waals surface area contributed by atoms with Crippen molar-refractivity contribution in [1.29, 1.82) is 0 Å². The Morgan fingerprint density at radius 1 is 1.29 bits per heavy atom. The Balaban J connectivity index is 2.88. The largest absolute Gasteiger partial charge is 0.480 e. The summed E-state index contributed by atoms with van der Waals surface area (Å²) in [6, 6.07) is -0.500. The maximum Gasteiger partial charge on any atom is 0.323 e. The lowest BCUT2D eigenvalue weighted by Gasteiger charge is -2.38. The minimum atomic E-state index is -1.02. The second-order valence-corrected chi connectivity index (χ2v) is 5.85. The number of rotatable bonds is 6. The number of carboxylic acid groups (broad SMARTS) is 1. The number of carbonyl (C=O) groups is 3. The van der Waals surface area contributed by atoms with Gasteiger partial charge in [0.15, 0.2) is 0 Å². The van der Waals surface area contributed by atoms with Crippen LogP contribution in [0, 0.1) is 5.92 Å². The Morgan fingerprint density at radius 2 is 1.95 bits per heavy atom. The van der Waals surface area contributed by atoms with Gasteiger partial charge in [-0.2, -0.15) is 0 Å². The summed E-state index contributed by atoms with van der Waals surface area (Å²) in [5.74, 6) is -1.43. The molecular formula is C15H26N2O4. The van der Waals surface area contributed by atoms with Gasteiger partial charge in [-0.1, -0.05) is 20.8 Å². The van der Waals surface area contributed by atoms with Crippen LogP contribution in [0.3, 0.4) is 0 Å². The predicted molar refractivity (Wildman–Crippen MR) is 78.7 cm³/mol. The SMILES string of the molecule is CCCN(CC(=O)O)C(=O)C1CCCCN1C(=O)C(C)C. The van der Waals surface area contributed by atoms with Crippen LogP contribution < -0.4 is 0 Å². The van der Waals surface area contributed by atoms with E-state index in [9.17, 15) is 14.4 Å². The zero-order chi connectivity index (χ0) is 16.0. The number of amides is 2. The molecule has 1 fully saturated rings. The molecule has 1 unspecified atom stereocenters. The molecule has 6 heteroatoms. The molecule has 0 aliphatic carbocycles. The molecule has 0 saturated carbocycles. The van der Waals surface area contributed by atoms with Crippen LogP contribution in [-0.2, 0) is 14.4 Å². The molecular weight excluding hydrogens is 272 g/mol. The van der Waals surface area contributed by atoms with Crippen LogP contribution in [0.5, 0.6) is 0 Å². The Morgan fingerprint density at radius 3 is 2.48 bits per heavy atom. The van der Waals surface area contributed by atoms with Gasteiger partial charge in [-0.3, -0.25) is 14.4 Å². The Labute approximate surface area is 126 Å². The fourth-order valence-electron chi connectivity index (χ4n) is 2.69. The average molecular weight is 298 g/mol. The van der Waals surface area contributed by atoms with Crippen molar-refractivity contribution in [2.75, 3.05) is 19.6 Å². The van der Waals surface area contributed by atoms with Gasteiger partial charge in [0, 0.05) is 19.0 Å². The van der Waals surface area contributed by atoms with Crippen LogP contribution in [0.2, 0.25) is 0 Å². The molecule has 1 aliphatic rings. The van der Waals surface area contributed by atoms with Crippen LogP contribution in [0.1, 0.15) is 46.5 Å². The standard InChI is InChI=1S/C15H26N2O4/c1-4-8-16(10-13(18)19)15(21)12-7-5-6-9-17(12)14(20)11(2)3/h11-12H,4-10H2,1-3H3,(H,18,19). The highest BCUT2D eigenvalue weighted by atomic mass is 16.4. The van der Waals surface area contributed by atoms with Crippen molar-refractivity contribution >= 4 is 17.8 Å². The normalized spacial score (nSPS) is 18.7. The summed E-state index contributed by atoms with van der Waals surface area (Å²) in [5.41, 5.74) is 0. The van der Waals surface area contributed by atoms with Crippen LogP contribution >= 0.6 is 0 Å². The molecule has 0 radical (unpaired) electrons. The zero-order valence-electron chi connectivity index (χ0n) is 13.2. The minimum Gasteiger partial charge on any atom is -0.480 e. The van der Waals surface area contributed by atoms with Gasteiger partial charge in [0.25, 0.3) is 0 Å². The maximum atomic E-state index is 12.6. The third-order valence-electron chi connectivity index (χ3n) is 3.70. The summed E-state index contributed by atoms with van der Waals surface area (Å²) in [4.78, 5) is 38.8. The summed E-state index contributed by atoms with van der Waals surface area (Å²) in [6.07, 6.45) is 3.11. The van der Waals surface area contributed by atoms with Gasteiger partial charge in [-0.05, 0) is 25.7 Å². The molecule has 0 spiro atoms. The first-order valence-electron chi connectivity index (χ1n) is 7.69. The number of likely N-dealkylation sites (tertiary alicyclic amines) is 1. The molecule has 1 N–H and O–H groups in total. The second kappa shape index (κ2) is 8.00. The Bertz CT molecular complexity index is 395. The van der Waals surface area contributed by atoms with Gasteiger partial charge in [0.2, 0.25) is 11.8 Å². The number of hydrogen-bond donors (Lipinski definition) is 1. The van der Waals surface area contributed by atoms with Gasteiger partial charge in [0.1, 0.15) is 12.6 Å². The van der Waals surface area contributed by atoms with Crippen molar-refractivity contribution in [3.8, 4) is 0 Å². The third kappa shape index (κ3) is 4.72. The number of hydrogen-bond acceptors (Lipinski definition) is 3. The molecule has 1 saturated heterocycles. The summed E-state index contributed by atoms with van der Waals surface area (Å²) in [7, 11) is 0. The lowest BCUT2D eigenvalue weighted by atomic mass is 9.98. The maximum absolute atomic E-state index is 12.6. The molecule has 0 bridgehead atoms. The quantitative estimate of drug-likeness (QED) is 0.803. The van der Waals surface area contributed by atoms with Crippen LogP contribution in [-0.4, -0.2) is 58.4 Å². The molecule has 6 nitrogen and oxygen atoms in total. The molecule has 1 rings (SSSR count). The highest BCUT2D eigenvalue weighted by Gasteiger charge is 2.35. The second-order valence-electron chi connectivity index (χ2n) is 5.85. The predicted octanol–water partition coefficient (Wildman–Crippen LogP) is 1.35. The molecule has 0 aromatic heterocycles. The third-order valence-corrected chi connectivity index (χ3v) is 3.70. The van der Waals surface area contributed by atoms with Crippen molar-refractivity contribution in [1.82, 2.24) is 9.80 Å². The fraction of sp³-hybridized carbons (Fsp3) is 0.800. The van der Waals surface area contributed by atoms with Gasteiger partial charge >= 0.3 is 5.97 Å². The first kappa shape index (κ1) is 17.5. The molecule has 1 heterocycles. The van der Waals surface area contributed by atoms with Gasteiger partial charge in [-0.25, -0.2) is 0 Å². The molecule has 1 aliphatic heterocycles. The molecule has 1 atom stereocenters. The number of piperidine rings is 1. The summed E-state index contributed by atoms with van der Waals surface area (Å²) in [5, 5.41) is 8.95. The number of carbonyl (C=O) groups excluding carboxylic acids is 2. The van der Waals surface area contributed by atoms with Crippen LogP contribution in [0.4, 0.5) is 0 Å². The topological polar surface area (TPSA) is 77.9 Å². The highest BCUT2D eigenvalue weighted by molar-refractivity contribution is 5.90. The first-order valence-corrected chi connectivity index (χ1v) is 7.69. The first-order chi connectivity index (χ1) is 9.88. The van der Waals surface area contributed by atoms with Crippen molar-refractivity contribution < 1.29 is 19.5 Å². The van der Waals surface area contributed by atoms with E-state index >= 15 is 0 Å². The zero-order valence-corrected chi connectivity index (χ0v) is 13.2. The molecule has 21 heavy (non-hydrogen) atoms. The van der Waals surface area contributed by atoms with E-state index in [1.54, 1.807) is 4.90 Å². The van der Waals surface area contributed by atoms with Crippen LogP contribution in [0.25, 0.3) is 0 Å². The Hall–Kier alpha value is -1.59. The van der Waals surface area contributed by atoms with E-state index in [0.717, 1.165) is 12.8 Å². The number of carboxylic acids is 1. The fourth-order valence-corrected chi connectivity index (χ4v) is 2.69. The lowest BCUT2D eigenvalue weighted by molar-refractivity contribution is -0.152. The van der Waals surface area contributed by atoms with Crippen molar-refractivity contribution in [3.63, 3.8) is 0 Å². The molecule has 0 aromatic carbocycles. The number of nitrogens with zero attached hydrogens (tertiary/aromatic N) is 2. The van der Waals surface area contributed by atoms with E-state index in [1.165, 1.54) is 4.90 Å². The van der Waals surface area contributed by atoms with Gasteiger partial charge in [0.05, 0.1) is 0 Å². The van der Waals surface area contributed by atoms with E-state index in [1.807, 2.05) is 20.8 Å². The summed E-state index contributed by atoms with van der Waals surface area (Å²) >= 11 is 0. The Kier molecular flexibility index (Phi) is 6.65. The van der Waals surface area contributed by atoms with Crippen molar-refractivity contribution in [3.05, 3.63) is 0 Å². The summed E-state index contributed by atoms with van der Waals surface area (Å²) < 4.78 is 0. The summed E-state index contributed by atoms with van der Waals surface area (Å²) in [6.45, 7) is 6.23. The lowest BCUT2D eigenvalue weighted by Crippen LogP contribution is -2.54. The molecule has 120 valence electrons. The van der Waals surface area contributed by atoms with Gasteiger partial charge in [-0.15, -0.1) is 0 Å². The minimum absolute atomic E-state index is 0.0279. The molecule has 2 amide bonds. The van der Waals surface area contributed by atoms with E-state index in [4.69, 9.17) is 5.11 Å². The monoisotopic (exact) mass is 298 g/mol. The van der Waals surface area contributed by atoms with E-state index in [-0.39, 0.29) is 24.3 Å². The average Bonchev–Trinajstić information content (AvgIpc) is 2.44. The van der Waals surface area contributed by atoms with E-state index < -0.39 is 12.0 Å². The van der Waals surface area contributed by atoms with Crippen molar-refractivity contribution in [2.45, 2.75) is 52.5 Å². The van der Waals surface area contributed by atoms with E-state index in [2.05, 4.69) is 0 Å². The highest BCUT2D eigenvalue weighted by Crippen LogP contribution is 2.21. The van der Waals surface area contributed by atoms with Crippen molar-refractivity contribution in [2.24, 2.45) is 5.92 Å². The van der Waals surface area contributed by atoms with Crippen LogP contribution in [0.15, 0.2) is 0 Å². The number of aliphatic carboxylic acids is 1. The van der Waals surface area contributed by atoms with Gasteiger partial charge < -0.3 is 14.9 Å². The van der Waals surface area contributed by atoms with E-state index in [0.29, 0.717) is 25.9 Å². The molecule has 0 aromatic rings. The smallest absolute Gasteiger partial charge is 0.323 e.